The van der Waals surface area contributed by atoms with Gasteiger partial charge in [0.2, 0.25) is 0 Å². The quantitative estimate of drug-likeness (QED) is 0.639. The Bertz CT molecular complexity index is 364. The van der Waals surface area contributed by atoms with Crippen molar-refractivity contribution in [1.82, 2.24) is 0 Å². The number of aromatic hydroxyl groups is 2. The summed E-state index contributed by atoms with van der Waals surface area (Å²) in [5.41, 5.74) is 0. The van der Waals surface area contributed by atoms with Crippen LogP contribution in [0.15, 0.2) is 60.7 Å². The van der Waals surface area contributed by atoms with E-state index in [1.807, 2.05) is 12.1 Å². The molecule has 110 valence electrons. The van der Waals surface area contributed by atoms with Crippen molar-refractivity contribution in [2.75, 3.05) is 0 Å². The molecule has 2 rings (SSSR count). The summed E-state index contributed by atoms with van der Waals surface area (Å²) in [4.78, 5) is 8.36. The monoisotopic (exact) mass is 278 g/mol. The molecule has 0 radical (unpaired) electrons. The number of phenols is 2. The third-order valence-electron chi connectivity index (χ3n) is 1.51. The van der Waals surface area contributed by atoms with Gasteiger partial charge in [0.05, 0.1) is 0 Å². The summed E-state index contributed by atoms with van der Waals surface area (Å²) < 4.78 is 0. The van der Waals surface area contributed by atoms with Crippen LogP contribution in [-0.2, 0) is 4.79 Å². The molecular formula is C16H22O4. The smallest absolute Gasteiger partial charge is 0.290 e. The lowest BCUT2D eigenvalue weighted by Gasteiger charge is -1.82. The summed E-state index contributed by atoms with van der Waals surface area (Å²) in [5.74, 6) is 0.644. The first-order valence-corrected chi connectivity index (χ1v) is 6.18. The molecule has 4 heteroatoms. The minimum atomic E-state index is -0.250. The van der Waals surface area contributed by atoms with Gasteiger partial charge in [-0.3, -0.25) is 4.79 Å². The van der Waals surface area contributed by atoms with E-state index in [4.69, 9.17) is 20.1 Å². The molecule has 0 saturated carbocycles. The highest BCUT2D eigenvalue weighted by atomic mass is 16.3. The molecule has 4 nitrogen and oxygen atoms in total. The summed E-state index contributed by atoms with van der Waals surface area (Å²) in [6, 6.07) is 17.4. The maximum atomic E-state index is 8.63. The lowest BCUT2D eigenvalue weighted by Crippen LogP contribution is -1.56. The van der Waals surface area contributed by atoms with Crippen LogP contribution in [0.3, 0.4) is 0 Å². The third-order valence-corrected chi connectivity index (χ3v) is 1.51. The van der Waals surface area contributed by atoms with E-state index in [1.165, 1.54) is 6.42 Å². The van der Waals surface area contributed by atoms with Gasteiger partial charge in [0, 0.05) is 0 Å². The fourth-order valence-corrected chi connectivity index (χ4v) is 0.856. The lowest BCUT2D eigenvalue weighted by atomic mass is 10.3. The summed E-state index contributed by atoms with van der Waals surface area (Å²) in [7, 11) is 0. The molecule has 0 aliphatic heterocycles. The predicted octanol–water partition coefficient (Wildman–Crippen LogP) is 3.90. The molecule has 0 heterocycles. The van der Waals surface area contributed by atoms with Crippen LogP contribution in [0.2, 0.25) is 0 Å². The predicted molar refractivity (Wildman–Crippen MR) is 80.9 cm³/mol. The SMILES string of the molecule is CCC.O=CO.Oc1ccccc1.Oc1ccccc1. The van der Waals surface area contributed by atoms with E-state index in [9.17, 15) is 0 Å². The van der Waals surface area contributed by atoms with Crippen LogP contribution in [0.4, 0.5) is 0 Å². The number of hydrogen-bond donors (Lipinski definition) is 3. The van der Waals surface area contributed by atoms with E-state index >= 15 is 0 Å². The zero-order valence-electron chi connectivity index (χ0n) is 11.8. The van der Waals surface area contributed by atoms with E-state index in [1.54, 1.807) is 48.5 Å². The molecule has 0 amide bonds. The average Bonchev–Trinajstić information content (AvgIpc) is 2.43. The number of carbonyl (C=O) groups is 1. The number of carboxylic acid groups (broad SMARTS) is 1. The van der Waals surface area contributed by atoms with Crippen molar-refractivity contribution in [2.24, 2.45) is 0 Å². The Kier molecular flexibility index (Phi) is 16.4. The Hall–Kier alpha value is -2.49. The van der Waals surface area contributed by atoms with Crippen molar-refractivity contribution < 1.29 is 20.1 Å². The molecule has 2 aromatic carbocycles. The zero-order valence-corrected chi connectivity index (χ0v) is 11.8. The van der Waals surface area contributed by atoms with Gasteiger partial charge < -0.3 is 15.3 Å². The molecule has 0 saturated heterocycles. The van der Waals surface area contributed by atoms with Crippen molar-refractivity contribution >= 4 is 6.47 Å². The van der Waals surface area contributed by atoms with Gasteiger partial charge in [-0.25, -0.2) is 0 Å². The largest absolute Gasteiger partial charge is 0.508 e. The molecule has 3 N–H and O–H groups in total. The summed E-state index contributed by atoms with van der Waals surface area (Å²) in [5, 5.41) is 24.2. The van der Waals surface area contributed by atoms with Crippen LogP contribution in [-0.4, -0.2) is 21.8 Å². The maximum absolute atomic E-state index is 8.63. The standard InChI is InChI=1S/2C6H6O.C3H8.CH2O2/c2*7-6-4-2-1-3-5-6;1-3-2;2-1-3/h2*1-5,7H;3H2,1-2H3;1H,(H,2,3). The average molecular weight is 278 g/mol. The number of phenolic OH excluding ortho intramolecular Hbond substituents is 2. The molecule has 0 spiro atoms. The molecule has 0 unspecified atom stereocenters. The van der Waals surface area contributed by atoms with E-state index < -0.39 is 0 Å². The second-order valence-corrected chi connectivity index (χ2v) is 3.48. The number of para-hydroxylation sites is 2. The second-order valence-electron chi connectivity index (χ2n) is 3.48. The van der Waals surface area contributed by atoms with Gasteiger partial charge in [-0.15, -0.1) is 0 Å². The first-order valence-electron chi connectivity index (χ1n) is 6.18. The highest BCUT2D eigenvalue weighted by Crippen LogP contribution is 2.03. The fourth-order valence-electron chi connectivity index (χ4n) is 0.856. The Balaban J connectivity index is 0. The first kappa shape index (κ1) is 19.8. The number of rotatable bonds is 0. The van der Waals surface area contributed by atoms with Gasteiger partial charge in [0.15, 0.2) is 0 Å². The Labute approximate surface area is 120 Å². The van der Waals surface area contributed by atoms with Gasteiger partial charge in [-0.1, -0.05) is 56.7 Å². The zero-order chi connectivity index (χ0) is 15.6. The molecule has 0 fully saturated rings. The number of hydrogen-bond acceptors (Lipinski definition) is 3. The van der Waals surface area contributed by atoms with Crippen molar-refractivity contribution in [3.63, 3.8) is 0 Å². The Morgan fingerprint density at radius 2 is 1.00 bits per heavy atom. The topological polar surface area (TPSA) is 77.8 Å². The van der Waals surface area contributed by atoms with Gasteiger partial charge >= 0.3 is 0 Å². The summed E-state index contributed by atoms with van der Waals surface area (Å²) in [6.07, 6.45) is 1.25. The van der Waals surface area contributed by atoms with Crippen LogP contribution >= 0.6 is 0 Å². The normalized spacial score (nSPS) is 7.50. The third kappa shape index (κ3) is 17.9. The Morgan fingerprint density at radius 1 is 0.800 bits per heavy atom. The van der Waals surface area contributed by atoms with E-state index in [-0.39, 0.29) is 6.47 Å². The molecule has 0 bridgehead atoms. The van der Waals surface area contributed by atoms with Crippen molar-refractivity contribution in [3.8, 4) is 11.5 Å². The highest BCUT2D eigenvalue weighted by molar-refractivity contribution is 5.32. The van der Waals surface area contributed by atoms with Crippen LogP contribution < -0.4 is 0 Å². The van der Waals surface area contributed by atoms with Crippen molar-refractivity contribution in [1.29, 1.82) is 0 Å². The van der Waals surface area contributed by atoms with E-state index in [0.29, 0.717) is 11.5 Å². The van der Waals surface area contributed by atoms with Crippen LogP contribution in [0.1, 0.15) is 20.3 Å². The minimum absolute atomic E-state index is 0.250. The molecule has 20 heavy (non-hydrogen) atoms. The summed E-state index contributed by atoms with van der Waals surface area (Å²) >= 11 is 0. The number of benzene rings is 2. The van der Waals surface area contributed by atoms with Crippen LogP contribution in [0.5, 0.6) is 11.5 Å². The highest BCUT2D eigenvalue weighted by Gasteiger charge is 1.75. The Morgan fingerprint density at radius 3 is 1.10 bits per heavy atom. The molecule has 0 aliphatic rings. The van der Waals surface area contributed by atoms with Crippen molar-refractivity contribution in [2.45, 2.75) is 20.3 Å². The van der Waals surface area contributed by atoms with Gasteiger partial charge in [0.1, 0.15) is 11.5 Å². The van der Waals surface area contributed by atoms with Gasteiger partial charge in [0.25, 0.3) is 6.47 Å². The van der Waals surface area contributed by atoms with E-state index in [2.05, 4.69) is 13.8 Å². The van der Waals surface area contributed by atoms with Crippen LogP contribution in [0, 0.1) is 0 Å². The molecule has 2 aromatic rings. The van der Waals surface area contributed by atoms with Gasteiger partial charge in [-0.2, -0.15) is 0 Å². The lowest BCUT2D eigenvalue weighted by molar-refractivity contribution is -0.122. The maximum Gasteiger partial charge on any atom is 0.290 e. The summed E-state index contributed by atoms with van der Waals surface area (Å²) in [6.45, 7) is 4.00. The molecular weight excluding hydrogens is 256 g/mol. The fraction of sp³-hybridized carbons (Fsp3) is 0.188. The second kappa shape index (κ2) is 16.5. The molecule has 0 aromatic heterocycles. The van der Waals surface area contributed by atoms with Gasteiger partial charge in [-0.05, 0) is 24.3 Å². The first-order chi connectivity index (χ1) is 9.62. The molecule has 0 atom stereocenters. The van der Waals surface area contributed by atoms with Crippen LogP contribution in [0.25, 0.3) is 0 Å². The van der Waals surface area contributed by atoms with E-state index in [0.717, 1.165) is 0 Å². The van der Waals surface area contributed by atoms with Crippen molar-refractivity contribution in [3.05, 3.63) is 60.7 Å². The molecule has 0 aliphatic carbocycles. The minimum Gasteiger partial charge on any atom is -0.508 e.